The third kappa shape index (κ3) is 3.32. The zero-order valence-corrected chi connectivity index (χ0v) is 12.3. The number of anilines is 1. The van der Waals surface area contributed by atoms with Crippen molar-refractivity contribution in [3.8, 4) is 0 Å². The molecule has 1 aromatic carbocycles. The van der Waals surface area contributed by atoms with Gasteiger partial charge in [0.1, 0.15) is 11.6 Å². The van der Waals surface area contributed by atoms with E-state index >= 15 is 0 Å². The van der Waals surface area contributed by atoms with Crippen LogP contribution < -0.4 is 4.90 Å². The summed E-state index contributed by atoms with van der Waals surface area (Å²) in [7, 11) is -4.72. The van der Waals surface area contributed by atoms with Crippen LogP contribution in [0, 0.1) is 17.6 Å². The second kappa shape index (κ2) is 5.36. The van der Waals surface area contributed by atoms with Gasteiger partial charge in [0.15, 0.2) is 0 Å². The molecule has 2 rings (SSSR count). The number of carbonyl (C=O) groups is 1. The predicted molar refractivity (Wildman–Crippen MR) is 69.4 cm³/mol. The van der Waals surface area contributed by atoms with Gasteiger partial charge in [0.2, 0.25) is 5.91 Å². The third-order valence-corrected chi connectivity index (χ3v) is 4.40. The standard InChI is InChI=1S/C11H9BrF3NO3S/c12-7-2-9(14)10(3-8(7)13)16-4-6(1-11(16)17)5-20(15,18)19/h2-3,6H,1,4-5H2. The smallest absolute Gasteiger partial charge is 0.302 e. The summed E-state index contributed by atoms with van der Waals surface area (Å²) >= 11 is 2.81. The van der Waals surface area contributed by atoms with Crippen LogP contribution >= 0.6 is 15.9 Å². The summed E-state index contributed by atoms with van der Waals surface area (Å²) in [5.74, 6) is -3.73. The highest BCUT2D eigenvalue weighted by Gasteiger charge is 2.35. The number of hydrogen-bond acceptors (Lipinski definition) is 3. The van der Waals surface area contributed by atoms with Gasteiger partial charge in [-0.15, -0.1) is 3.89 Å². The summed E-state index contributed by atoms with van der Waals surface area (Å²) < 4.78 is 60.8. The second-order valence-electron chi connectivity index (χ2n) is 4.50. The van der Waals surface area contributed by atoms with Crippen molar-refractivity contribution in [2.24, 2.45) is 5.92 Å². The topological polar surface area (TPSA) is 54.5 Å². The van der Waals surface area contributed by atoms with Crippen LogP contribution in [0.25, 0.3) is 0 Å². The van der Waals surface area contributed by atoms with Gasteiger partial charge in [0, 0.05) is 24.9 Å². The molecule has 1 unspecified atom stereocenters. The van der Waals surface area contributed by atoms with Crippen LogP contribution in [0.3, 0.4) is 0 Å². The highest BCUT2D eigenvalue weighted by atomic mass is 79.9. The van der Waals surface area contributed by atoms with Gasteiger partial charge >= 0.3 is 10.2 Å². The maximum absolute atomic E-state index is 13.7. The average molecular weight is 372 g/mol. The van der Waals surface area contributed by atoms with Gasteiger partial charge in [-0.05, 0) is 22.0 Å². The lowest BCUT2D eigenvalue weighted by molar-refractivity contribution is -0.117. The number of benzene rings is 1. The Hall–Kier alpha value is -1.09. The van der Waals surface area contributed by atoms with Crippen molar-refractivity contribution < 1.29 is 25.9 Å². The summed E-state index contributed by atoms with van der Waals surface area (Å²) in [6, 6.07) is 1.71. The van der Waals surface area contributed by atoms with Gasteiger partial charge in [0.25, 0.3) is 0 Å². The second-order valence-corrected chi connectivity index (χ2v) is 6.76. The van der Waals surface area contributed by atoms with E-state index in [1.807, 2.05) is 0 Å². The van der Waals surface area contributed by atoms with Gasteiger partial charge in [-0.3, -0.25) is 4.79 Å². The molecule has 0 radical (unpaired) electrons. The molecule has 1 amide bonds. The first kappa shape index (κ1) is 15.3. The van der Waals surface area contributed by atoms with Gasteiger partial charge in [0.05, 0.1) is 15.9 Å². The minimum Gasteiger partial charge on any atom is -0.309 e. The highest BCUT2D eigenvalue weighted by molar-refractivity contribution is 9.10. The summed E-state index contributed by atoms with van der Waals surface area (Å²) in [6.45, 7) is -0.167. The largest absolute Gasteiger partial charge is 0.309 e. The molecule has 1 atom stereocenters. The van der Waals surface area contributed by atoms with E-state index in [0.29, 0.717) is 0 Å². The molecule has 0 N–H and O–H groups in total. The number of hydrogen-bond donors (Lipinski definition) is 0. The molecule has 0 saturated carbocycles. The van der Waals surface area contributed by atoms with E-state index in [-0.39, 0.29) is 23.1 Å². The van der Waals surface area contributed by atoms with Crippen molar-refractivity contribution in [1.29, 1.82) is 0 Å². The fourth-order valence-corrected chi connectivity index (χ4v) is 3.23. The van der Waals surface area contributed by atoms with E-state index in [9.17, 15) is 25.9 Å². The van der Waals surface area contributed by atoms with Crippen molar-refractivity contribution in [2.75, 3.05) is 17.2 Å². The first-order valence-electron chi connectivity index (χ1n) is 5.54. The van der Waals surface area contributed by atoms with E-state index in [4.69, 9.17) is 0 Å². The Morgan fingerprint density at radius 3 is 2.55 bits per heavy atom. The van der Waals surface area contributed by atoms with Crippen LogP contribution in [0.2, 0.25) is 0 Å². The summed E-state index contributed by atoms with van der Waals surface area (Å²) in [6.07, 6.45) is -0.222. The molecule has 1 aliphatic rings. The number of halogens is 4. The Balaban J connectivity index is 2.26. The lowest BCUT2D eigenvalue weighted by Crippen LogP contribution is -2.26. The van der Waals surface area contributed by atoms with E-state index in [0.717, 1.165) is 17.0 Å². The molecule has 1 heterocycles. The van der Waals surface area contributed by atoms with Crippen LogP contribution in [-0.2, 0) is 15.0 Å². The van der Waals surface area contributed by atoms with Crippen LogP contribution in [0.15, 0.2) is 16.6 Å². The Bertz CT molecular complexity index is 665. The van der Waals surface area contributed by atoms with Crippen molar-refractivity contribution in [3.63, 3.8) is 0 Å². The van der Waals surface area contributed by atoms with Gasteiger partial charge in [-0.1, -0.05) is 0 Å². The third-order valence-electron chi connectivity index (χ3n) is 2.92. The first-order chi connectivity index (χ1) is 9.17. The zero-order chi connectivity index (χ0) is 15.1. The SMILES string of the molecule is O=C1CC(CS(=O)(=O)F)CN1c1cc(F)c(Br)cc1F. The minimum atomic E-state index is -4.72. The molecular formula is C11H9BrF3NO3S. The zero-order valence-electron chi connectivity index (χ0n) is 9.95. The fraction of sp³-hybridized carbons (Fsp3) is 0.364. The van der Waals surface area contributed by atoms with E-state index in [1.165, 1.54) is 0 Å². The van der Waals surface area contributed by atoms with Crippen LogP contribution in [0.4, 0.5) is 18.4 Å². The lowest BCUT2D eigenvalue weighted by atomic mass is 10.1. The predicted octanol–water partition coefficient (Wildman–Crippen LogP) is 2.38. The van der Waals surface area contributed by atoms with E-state index < -0.39 is 39.4 Å². The minimum absolute atomic E-state index is 0.0896. The Kier molecular flexibility index (Phi) is 4.10. The average Bonchev–Trinajstić information content (AvgIpc) is 2.62. The van der Waals surface area contributed by atoms with Gasteiger partial charge < -0.3 is 4.90 Å². The Morgan fingerprint density at radius 2 is 1.95 bits per heavy atom. The molecule has 110 valence electrons. The Labute approximate surface area is 121 Å². The molecule has 0 aromatic heterocycles. The number of amides is 1. The molecule has 1 fully saturated rings. The lowest BCUT2D eigenvalue weighted by Gasteiger charge is -2.17. The molecule has 1 saturated heterocycles. The van der Waals surface area contributed by atoms with Gasteiger partial charge in [-0.2, -0.15) is 8.42 Å². The van der Waals surface area contributed by atoms with Crippen LogP contribution in [0.5, 0.6) is 0 Å². The number of carbonyl (C=O) groups excluding carboxylic acids is 1. The summed E-state index contributed by atoms with van der Waals surface area (Å²) in [5.41, 5.74) is -0.283. The fourth-order valence-electron chi connectivity index (χ4n) is 2.13. The molecule has 0 spiro atoms. The monoisotopic (exact) mass is 371 g/mol. The molecule has 4 nitrogen and oxygen atoms in total. The molecular weight excluding hydrogens is 363 g/mol. The summed E-state index contributed by atoms with van der Waals surface area (Å²) in [4.78, 5) is 12.7. The highest BCUT2D eigenvalue weighted by Crippen LogP contribution is 2.31. The maximum Gasteiger partial charge on any atom is 0.302 e. The van der Waals surface area contributed by atoms with Crippen LogP contribution in [-0.4, -0.2) is 26.6 Å². The molecule has 1 aliphatic heterocycles. The molecule has 9 heteroatoms. The first-order valence-corrected chi connectivity index (χ1v) is 7.89. The van der Waals surface area contributed by atoms with E-state index in [2.05, 4.69) is 15.9 Å². The van der Waals surface area contributed by atoms with Crippen molar-refractivity contribution in [3.05, 3.63) is 28.2 Å². The van der Waals surface area contributed by atoms with Gasteiger partial charge in [-0.25, -0.2) is 8.78 Å². The number of rotatable bonds is 3. The van der Waals surface area contributed by atoms with Crippen molar-refractivity contribution in [2.45, 2.75) is 6.42 Å². The quantitative estimate of drug-likeness (QED) is 0.605. The molecule has 1 aromatic rings. The summed E-state index contributed by atoms with van der Waals surface area (Å²) in [5, 5.41) is 0. The Morgan fingerprint density at radius 1 is 1.30 bits per heavy atom. The van der Waals surface area contributed by atoms with Crippen molar-refractivity contribution >= 4 is 37.7 Å². The maximum atomic E-state index is 13.7. The van der Waals surface area contributed by atoms with Crippen molar-refractivity contribution in [1.82, 2.24) is 0 Å². The van der Waals surface area contributed by atoms with E-state index in [1.54, 1.807) is 0 Å². The number of nitrogens with zero attached hydrogens (tertiary/aromatic N) is 1. The van der Waals surface area contributed by atoms with Crippen LogP contribution in [0.1, 0.15) is 6.42 Å². The normalized spacial score (nSPS) is 19.7. The molecule has 0 aliphatic carbocycles. The molecule has 20 heavy (non-hydrogen) atoms. The molecule has 0 bridgehead atoms.